The van der Waals surface area contributed by atoms with Gasteiger partial charge in [-0.1, -0.05) is 38.8 Å². The van der Waals surface area contributed by atoms with Gasteiger partial charge in [0.1, 0.15) is 5.75 Å². The SMILES string of the molecule is CCCCOc1cccc2c1C[C@H](OCCCC)[C@H]2N1C(=O)C=CC1=O. The summed E-state index contributed by atoms with van der Waals surface area (Å²) in [5.41, 5.74) is 2.02. The first-order valence-electron chi connectivity index (χ1n) is 9.58. The summed E-state index contributed by atoms with van der Waals surface area (Å²) in [5.74, 6) is 0.304. The van der Waals surface area contributed by atoms with Crippen molar-refractivity contribution in [2.75, 3.05) is 13.2 Å². The highest BCUT2D eigenvalue weighted by Crippen LogP contribution is 2.43. The number of imide groups is 1. The van der Waals surface area contributed by atoms with E-state index in [1.807, 2.05) is 18.2 Å². The Labute approximate surface area is 155 Å². The lowest BCUT2D eigenvalue weighted by atomic mass is 10.1. The zero-order chi connectivity index (χ0) is 18.5. The van der Waals surface area contributed by atoms with Gasteiger partial charge in [0.2, 0.25) is 0 Å². The number of hydrogen-bond donors (Lipinski definition) is 0. The van der Waals surface area contributed by atoms with Crippen molar-refractivity contribution in [2.45, 2.75) is 58.1 Å². The minimum absolute atomic E-state index is 0.222. The van der Waals surface area contributed by atoms with E-state index in [-0.39, 0.29) is 24.0 Å². The largest absolute Gasteiger partial charge is 0.493 e. The van der Waals surface area contributed by atoms with Crippen molar-refractivity contribution >= 4 is 11.8 Å². The van der Waals surface area contributed by atoms with Crippen LogP contribution in [-0.2, 0) is 20.7 Å². The average Bonchev–Trinajstić information content (AvgIpc) is 3.15. The predicted molar refractivity (Wildman–Crippen MR) is 98.9 cm³/mol. The van der Waals surface area contributed by atoms with E-state index in [1.165, 1.54) is 17.1 Å². The van der Waals surface area contributed by atoms with Crippen LogP contribution in [0.1, 0.15) is 56.7 Å². The van der Waals surface area contributed by atoms with Gasteiger partial charge in [0.15, 0.2) is 0 Å². The minimum Gasteiger partial charge on any atom is -0.493 e. The third-order valence-electron chi connectivity index (χ3n) is 4.95. The smallest absolute Gasteiger partial charge is 0.254 e. The number of rotatable bonds is 9. The maximum Gasteiger partial charge on any atom is 0.254 e. The molecule has 1 aliphatic heterocycles. The van der Waals surface area contributed by atoms with E-state index in [0.29, 0.717) is 19.6 Å². The van der Waals surface area contributed by atoms with Crippen LogP contribution in [0.25, 0.3) is 0 Å². The second kappa shape index (κ2) is 8.49. The van der Waals surface area contributed by atoms with Crippen LogP contribution in [-0.4, -0.2) is 36.0 Å². The highest BCUT2D eigenvalue weighted by Gasteiger charge is 2.44. The number of amides is 2. The van der Waals surface area contributed by atoms with E-state index < -0.39 is 0 Å². The maximum absolute atomic E-state index is 12.3. The molecule has 0 aromatic heterocycles. The van der Waals surface area contributed by atoms with Gasteiger partial charge < -0.3 is 9.47 Å². The maximum atomic E-state index is 12.3. The van der Waals surface area contributed by atoms with E-state index in [4.69, 9.17) is 9.47 Å². The van der Waals surface area contributed by atoms with Gasteiger partial charge in [0, 0.05) is 30.7 Å². The zero-order valence-electron chi connectivity index (χ0n) is 15.6. The van der Waals surface area contributed by atoms with Gasteiger partial charge in [-0.3, -0.25) is 14.5 Å². The molecule has 0 spiro atoms. The van der Waals surface area contributed by atoms with Crippen molar-refractivity contribution in [3.63, 3.8) is 0 Å². The van der Waals surface area contributed by atoms with Gasteiger partial charge in [0.05, 0.1) is 18.8 Å². The van der Waals surface area contributed by atoms with E-state index in [2.05, 4.69) is 13.8 Å². The third-order valence-corrected chi connectivity index (χ3v) is 4.95. The van der Waals surface area contributed by atoms with Gasteiger partial charge in [0.25, 0.3) is 11.8 Å². The molecule has 2 atom stereocenters. The summed E-state index contributed by atoms with van der Waals surface area (Å²) in [6, 6.07) is 5.49. The summed E-state index contributed by atoms with van der Waals surface area (Å²) in [5, 5.41) is 0. The number of ether oxygens (including phenoxy) is 2. The number of hydrogen-bond acceptors (Lipinski definition) is 4. The molecule has 0 fully saturated rings. The molecule has 140 valence electrons. The van der Waals surface area contributed by atoms with Crippen molar-refractivity contribution in [1.29, 1.82) is 0 Å². The van der Waals surface area contributed by atoms with Crippen molar-refractivity contribution in [1.82, 2.24) is 4.90 Å². The minimum atomic E-state index is -0.383. The molecule has 0 saturated carbocycles. The average molecular weight is 357 g/mol. The van der Waals surface area contributed by atoms with Gasteiger partial charge in [-0.05, 0) is 24.5 Å². The molecule has 2 amide bonds. The fraction of sp³-hybridized carbons (Fsp3) is 0.524. The molecular formula is C21H27NO4. The molecule has 0 saturated heterocycles. The van der Waals surface area contributed by atoms with E-state index in [0.717, 1.165) is 42.6 Å². The molecule has 1 aliphatic carbocycles. The van der Waals surface area contributed by atoms with Gasteiger partial charge in [-0.25, -0.2) is 0 Å². The molecule has 5 heteroatoms. The molecule has 3 rings (SSSR count). The molecule has 0 N–H and O–H groups in total. The molecule has 1 aromatic carbocycles. The van der Waals surface area contributed by atoms with Crippen LogP contribution < -0.4 is 4.74 Å². The number of benzene rings is 1. The lowest BCUT2D eigenvalue weighted by Gasteiger charge is -2.28. The van der Waals surface area contributed by atoms with Crippen molar-refractivity contribution in [3.8, 4) is 5.75 Å². The molecule has 2 aliphatic rings. The third kappa shape index (κ3) is 3.68. The normalized spacial score (nSPS) is 21.5. The number of nitrogens with zero attached hydrogens (tertiary/aromatic N) is 1. The number of unbranched alkanes of at least 4 members (excludes halogenated alkanes) is 2. The van der Waals surface area contributed by atoms with E-state index in [9.17, 15) is 9.59 Å². The first kappa shape index (κ1) is 18.6. The van der Waals surface area contributed by atoms with Crippen LogP contribution in [0.15, 0.2) is 30.4 Å². The topological polar surface area (TPSA) is 55.8 Å². The van der Waals surface area contributed by atoms with E-state index in [1.54, 1.807) is 0 Å². The van der Waals surface area contributed by atoms with Crippen LogP contribution in [0.4, 0.5) is 0 Å². The Balaban J connectivity index is 1.88. The molecule has 1 aromatic rings. The number of fused-ring (bicyclic) bond motifs is 1. The Bertz CT molecular complexity index is 679. The second-order valence-electron chi connectivity index (χ2n) is 6.82. The Hall–Kier alpha value is -2.14. The highest BCUT2D eigenvalue weighted by atomic mass is 16.5. The van der Waals surface area contributed by atoms with Crippen molar-refractivity contribution < 1.29 is 19.1 Å². The van der Waals surface area contributed by atoms with Gasteiger partial charge in [-0.2, -0.15) is 0 Å². The summed E-state index contributed by atoms with van der Waals surface area (Å²) in [4.78, 5) is 25.9. The van der Waals surface area contributed by atoms with E-state index >= 15 is 0 Å². The summed E-state index contributed by atoms with van der Waals surface area (Å²) in [6.45, 7) is 5.54. The standard InChI is InChI=1S/C21H27NO4/c1-3-5-12-25-17-9-7-8-15-16(17)14-18(26-13-6-4-2)21(15)22-19(23)10-11-20(22)24/h7-11,18,21H,3-6,12-14H2,1-2H3/t18-,21-/m0/s1. The van der Waals surface area contributed by atoms with Crippen LogP contribution in [0.5, 0.6) is 5.75 Å². The lowest BCUT2D eigenvalue weighted by Crippen LogP contribution is -2.39. The number of carbonyl (C=O) groups excluding carboxylic acids is 2. The van der Waals surface area contributed by atoms with Crippen LogP contribution in [0, 0.1) is 0 Å². The molecule has 26 heavy (non-hydrogen) atoms. The summed E-state index contributed by atoms with van der Waals surface area (Å²) >= 11 is 0. The van der Waals surface area contributed by atoms with Crippen LogP contribution in [0.3, 0.4) is 0 Å². The molecule has 0 radical (unpaired) electrons. The Morgan fingerprint density at radius 3 is 2.42 bits per heavy atom. The molecule has 0 unspecified atom stereocenters. The molecule has 1 heterocycles. The fourth-order valence-electron chi connectivity index (χ4n) is 3.57. The Morgan fingerprint density at radius 2 is 1.73 bits per heavy atom. The second-order valence-corrected chi connectivity index (χ2v) is 6.82. The monoisotopic (exact) mass is 357 g/mol. The van der Waals surface area contributed by atoms with Gasteiger partial charge >= 0.3 is 0 Å². The molecule has 0 bridgehead atoms. The first-order chi connectivity index (χ1) is 12.7. The predicted octanol–water partition coefficient (Wildman–Crippen LogP) is 3.57. The van der Waals surface area contributed by atoms with Crippen LogP contribution >= 0.6 is 0 Å². The van der Waals surface area contributed by atoms with Crippen molar-refractivity contribution in [3.05, 3.63) is 41.5 Å². The molecule has 5 nitrogen and oxygen atoms in total. The Morgan fingerprint density at radius 1 is 1.04 bits per heavy atom. The summed E-state index contributed by atoms with van der Waals surface area (Å²) < 4.78 is 12.1. The fourth-order valence-corrected chi connectivity index (χ4v) is 3.57. The first-order valence-corrected chi connectivity index (χ1v) is 9.58. The van der Waals surface area contributed by atoms with Crippen LogP contribution in [0.2, 0.25) is 0 Å². The quantitative estimate of drug-likeness (QED) is 0.501. The number of carbonyl (C=O) groups is 2. The Kier molecular flexibility index (Phi) is 6.09. The zero-order valence-corrected chi connectivity index (χ0v) is 15.6. The summed E-state index contributed by atoms with van der Waals surface area (Å²) in [6.07, 6.45) is 7.18. The van der Waals surface area contributed by atoms with Gasteiger partial charge in [-0.15, -0.1) is 0 Å². The van der Waals surface area contributed by atoms with Crippen molar-refractivity contribution in [2.24, 2.45) is 0 Å². The summed E-state index contributed by atoms with van der Waals surface area (Å²) in [7, 11) is 0. The molecular weight excluding hydrogens is 330 g/mol. The lowest BCUT2D eigenvalue weighted by molar-refractivity contribution is -0.143. The highest BCUT2D eigenvalue weighted by molar-refractivity contribution is 6.13.